The average molecular weight is 271 g/mol. The quantitative estimate of drug-likeness (QED) is 0.859. The molecule has 2 rings (SSSR count). The van der Waals surface area contributed by atoms with Crippen LogP contribution in [0.4, 0.5) is 0 Å². The monoisotopic (exact) mass is 271 g/mol. The third-order valence-electron chi connectivity index (χ3n) is 3.73. The van der Waals surface area contributed by atoms with Crippen molar-refractivity contribution in [1.29, 1.82) is 0 Å². The van der Waals surface area contributed by atoms with Gasteiger partial charge in [0.15, 0.2) is 0 Å². The molecule has 0 fully saturated rings. The fourth-order valence-electron chi connectivity index (χ4n) is 2.76. The van der Waals surface area contributed by atoms with Crippen LogP contribution in [0.25, 0.3) is 0 Å². The summed E-state index contributed by atoms with van der Waals surface area (Å²) >= 11 is 0. The summed E-state index contributed by atoms with van der Waals surface area (Å²) < 4.78 is 5.72. The van der Waals surface area contributed by atoms with Crippen molar-refractivity contribution in [3.63, 3.8) is 0 Å². The molecule has 1 unspecified atom stereocenters. The molecule has 0 saturated carbocycles. The van der Waals surface area contributed by atoms with Crippen LogP contribution in [0.2, 0.25) is 0 Å². The Bertz CT molecular complexity index is 583. The molecule has 0 saturated heterocycles. The van der Waals surface area contributed by atoms with Gasteiger partial charge < -0.3 is 9.73 Å². The predicted molar refractivity (Wildman–Crippen MR) is 84.2 cm³/mol. The Morgan fingerprint density at radius 3 is 2.35 bits per heavy atom. The highest BCUT2D eigenvalue weighted by atomic mass is 16.3. The second kappa shape index (κ2) is 6.27. The summed E-state index contributed by atoms with van der Waals surface area (Å²) in [4.78, 5) is 0. The fraction of sp³-hybridized carbons (Fsp3) is 0.444. The predicted octanol–water partition coefficient (Wildman–Crippen LogP) is 4.60. The lowest BCUT2D eigenvalue weighted by Gasteiger charge is -2.21. The zero-order valence-corrected chi connectivity index (χ0v) is 13.2. The molecule has 2 heteroatoms. The van der Waals surface area contributed by atoms with Crippen LogP contribution < -0.4 is 5.32 Å². The van der Waals surface area contributed by atoms with Gasteiger partial charge in [0.1, 0.15) is 11.5 Å². The van der Waals surface area contributed by atoms with E-state index in [4.69, 9.17) is 4.42 Å². The van der Waals surface area contributed by atoms with E-state index in [-0.39, 0.29) is 6.04 Å². The van der Waals surface area contributed by atoms with E-state index in [0.717, 1.165) is 24.5 Å². The second-order valence-electron chi connectivity index (χ2n) is 5.62. The van der Waals surface area contributed by atoms with Gasteiger partial charge in [0, 0.05) is 5.56 Å². The highest BCUT2D eigenvalue weighted by Crippen LogP contribution is 2.29. The second-order valence-corrected chi connectivity index (χ2v) is 5.62. The summed E-state index contributed by atoms with van der Waals surface area (Å²) in [6, 6.07) is 9.04. The molecule has 0 spiro atoms. The van der Waals surface area contributed by atoms with Gasteiger partial charge in [-0.3, -0.25) is 0 Å². The zero-order valence-electron chi connectivity index (χ0n) is 13.2. The van der Waals surface area contributed by atoms with Gasteiger partial charge in [-0.25, -0.2) is 0 Å². The minimum absolute atomic E-state index is 0.216. The molecule has 0 radical (unpaired) electrons. The van der Waals surface area contributed by atoms with E-state index in [0.29, 0.717) is 0 Å². The summed E-state index contributed by atoms with van der Waals surface area (Å²) in [6.07, 6.45) is 1.12. The Kier molecular flexibility index (Phi) is 4.66. The number of aryl methyl sites for hydroxylation is 4. The highest BCUT2D eigenvalue weighted by molar-refractivity contribution is 5.40. The number of hydrogen-bond donors (Lipinski definition) is 1. The van der Waals surface area contributed by atoms with Crippen molar-refractivity contribution in [3.05, 3.63) is 58.0 Å². The first kappa shape index (κ1) is 14.9. The Morgan fingerprint density at radius 1 is 1.05 bits per heavy atom. The smallest absolute Gasteiger partial charge is 0.106 e. The van der Waals surface area contributed by atoms with Crippen molar-refractivity contribution in [2.75, 3.05) is 6.54 Å². The van der Waals surface area contributed by atoms with Crippen LogP contribution in [0.3, 0.4) is 0 Å². The lowest BCUT2D eigenvalue weighted by atomic mass is 9.94. The lowest BCUT2D eigenvalue weighted by molar-refractivity contribution is 0.493. The van der Waals surface area contributed by atoms with E-state index in [1.54, 1.807) is 0 Å². The summed E-state index contributed by atoms with van der Waals surface area (Å²) in [5.74, 6) is 1.99. The topological polar surface area (TPSA) is 25.2 Å². The van der Waals surface area contributed by atoms with Crippen molar-refractivity contribution in [3.8, 4) is 0 Å². The molecule has 1 N–H and O–H groups in total. The molecule has 2 aromatic rings. The van der Waals surface area contributed by atoms with Crippen LogP contribution in [0, 0.1) is 27.7 Å². The van der Waals surface area contributed by atoms with Crippen LogP contribution in [0.1, 0.15) is 53.2 Å². The Labute approximate surface area is 122 Å². The maximum absolute atomic E-state index is 5.72. The first-order chi connectivity index (χ1) is 9.52. The van der Waals surface area contributed by atoms with Crippen molar-refractivity contribution in [2.45, 2.75) is 47.1 Å². The Balaban J connectivity index is 2.44. The normalized spacial score (nSPS) is 12.7. The van der Waals surface area contributed by atoms with E-state index < -0.39 is 0 Å². The van der Waals surface area contributed by atoms with Gasteiger partial charge in [-0.2, -0.15) is 0 Å². The zero-order chi connectivity index (χ0) is 14.7. The Morgan fingerprint density at radius 2 is 1.80 bits per heavy atom. The van der Waals surface area contributed by atoms with Crippen LogP contribution in [0.15, 0.2) is 28.7 Å². The van der Waals surface area contributed by atoms with Crippen molar-refractivity contribution in [1.82, 2.24) is 5.32 Å². The summed E-state index contributed by atoms with van der Waals surface area (Å²) in [6.45, 7) is 11.6. The number of nitrogens with one attached hydrogen (secondary N) is 1. The molecular formula is C18H25NO. The van der Waals surface area contributed by atoms with E-state index in [9.17, 15) is 0 Å². The van der Waals surface area contributed by atoms with Crippen LogP contribution in [0.5, 0.6) is 0 Å². The Hall–Kier alpha value is -1.54. The van der Waals surface area contributed by atoms with Crippen molar-refractivity contribution in [2.24, 2.45) is 0 Å². The molecule has 1 aromatic carbocycles. The van der Waals surface area contributed by atoms with E-state index in [2.05, 4.69) is 50.4 Å². The molecule has 0 amide bonds. The SMILES string of the molecule is CCCNC(c1ccc(C)cc1C)c1cc(C)oc1C. The number of benzene rings is 1. The van der Waals surface area contributed by atoms with Gasteiger partial charge in [-0.1, -0.05) is 30.7 Å². The summed E-state index contributed by atoms with van der Waals surface area (Å²) in [5.41, 5.74) is 5.23. The van der Waals surface area contributed by atoms with E-state index >= 15 is 0 Å². The van der Waals surface area contributed by atoms with Gasteiger partial charge in [0.05, 0.1) is 6.04 Å². The van der Waals surface area contributed by atoms with Gasteiger partial charge in [-0.15, -0.1) is 0 Å². The maximum Gasteiger partial charge on any atom is 0.106 e. The average Bonchev–Trinajstić information content (AvgIpc) is 2.71. The standard InChI is InChI=1S/C18H25NO/c1-6-9-19-18(17-11-14(4)20-15(17)5)16-8-7-12(2)10-13(16)3/h7-8,10-11,18-19H,6,9H2,1-5H3. The molecule has 0 aliphatic carbocycles. The fourth-order valence-corrected chi connectivity index (χ4v) is 2.76. The third kappa shape index (κ3) is 3.13. The van der Waals surface area contributed by atoms with E-state index in [1.165, 1.54) is 22.3 Å². The molecule has 1 heterocycles. The maximum atomic E-state index is 5.72. The minimum atomic E-state index is 0.216. The van der Waals surface area contributed by atoms with Crippen LogP contribution in [-0.2, 0) is 0 Å². The summed E-state index contributed by atoms with van der Waals surface area (Å²) in [7, 11) is 0. The molecule has 108 valence electrons. The molecule has 1 aromatic heterocycles. The van der Waals surface area contributed by atoms with Crippen LogP contribution >= 0.6 is 0 Å². The first-order valence-corrected chi connectivity index (χ1v) is 7.40. The van der Waals surface area contributed by atoms with Crippen LogP contribution in [-0.4, -0.2) is 6.54 Å². The first-order valence-electron chi connectivity index (χ1n) is 7.40. The largest absolute Gasteiger partial charge is 0.466 e. The molecule has 0 aliphatic rings. The minimum Gasteiger partial charge on any atom is -0.466 e. The molecule has 20 heavy (non-hydrogen) atoms. The van der Waals surface area contributed by atoms with Gasteiger partial charge >= 0.3 is 0 Å². The van der Waals surface area contributed by atoms with Gasteiger partial charge in [0.25, 0.3) is 0 Å². The van der Waals surface area contributed by atoms with E-state index in [1.807, 2.05) is 13.8 Å². The van der Waals surface area contributed by atoms with Gasteiger partial charge in [0.2, 0.25) is 0 Å². The molecule has 1 atom stereocenters. The van der Waals surface area contributed by atoms with Crippen molar-refractivity contribution >= 4 is 0 Å². The molecule has 0 aliphatic heterocycles. The van der Waals surface area contributed by atoms with Crippen molar-refractivity contribution < 1.29 is 4.42 Å². The lowest BCUT2D eigenvalue weighted by Crippen LogP contribution is -2.24. The van der Waals surface area contributed by atoms with Gasteiger partial charge in [-0.05, 0) is 57.9 Å². The number of rotatable bonds is 5. The molecule has 0 bridgehead atoms. The highest BCUT2D eigenvalue weighted by Gasteiger charge is 2.20. The number of furan rings is 1. The summed E-state index contributed by atoms with van der Waals surface area (Å²) in [5, 5.41) is 3.66. The third-order valence-corrected chi connectivity index (χ3v) is 3.73. The number of hydrogen-bond acceptors (Lipinski definition) is 2. The molecular weight excluding hydrogens is 246 g/mol. The molecule has 2 nitrogen and oxygen atoms in total.